The smallest absolute Gasteiger partial charge is 0.223 e. The summed E-state index contributed by atoms with van der Waals surface area (Å²) in [5.41, 5.74) is 4.62. The number of amides is 2. The molecule has 1 N–H and O–H groups in total. The molecule has 0 unspecified atom stereocenters. The van der Waals surface area contributed by atoms with Crippen molar-refractivity contribution in [3.63, 3.8) is 0 Å². The summed E-state index contributed by atoms with van der Waals surface area (Å²) < 4.78 is 0. The third kappa shape index (κ3) is 4.60. The summed E-state index contributed by atoms with van der Waals surface area (Å²) in [5, 5.41) is 2.91. The van der Waals surface area contributed by atoms with Gasteiger partial charge in [-0.15, -0.1) is 0 Å². The summed E-state index contributed by atoms with van der Waals surface area (Å²) in [7, 11) is 0. The Bertz CT molecular complexity index is 1000. The van der Waals surface area contributed by atoms with E-state index < -0.39 is 0 Å². The number of hydrogen-bond donors (Lipinski definition) is 1. The third-order valence-corrected chi connectivity index (χ3v) is 5.62. The standard InChI is InChI=1S/C26H26N2O2/c29-24(27-19-20-9-3-1-4-10-20)15-16-25(30)28-18-17-21-11-7-8-14-23(21)26(28)22-12-5-2-6-13-22/h1-14,26H,15-19H2,(H,27,29)/t26-/m1/s1. The number of benzene rings is 3. The first-order valence-corrected chi connectivity index (χ1v) is 10.5. The Morgan fingerprint density at radius 1 is 0.833 bits per heavy atom. The molecule has 0 bridgehead atoms. The number of nitrogens with one attached hydrogen (secondary N) is 1. The van der Waals surface area contributed by atoms with Crippen molar-refractivity contribution in [2.24, 2.45) is 0 Å². The van der Waals surface area contributed by atoms with Gasteiger partial charge in [0.1, 0.15) is 0 Å². The van der Waals surface area contributed by atoms with Gasteiger partial charge in [0.25, 0.3) is 0 Å². The minimum atomic E-state index is -0.101. The van der Waals surface area contributed by atoms with Crippen LogP contribution in [0.5, 0.6) is 0 Å². The predicted octanol–water partition coefficient (Wildman–Crippen LogP) is 4.26. The maximum Gasteiger partial charge on any atom is 0.223 e. The Labute approximate surface area is 177 Å². The van der Waals surface area contributed by atoms with Crippen molar-refractivity contribution in [2.45, 2.75) is 31.8 Å². The number of hydrogen-bond acceptors (Lipinski definition) is 2. The molecule has 0 aromatic heterocycles. The largest absolute Gasteiger partial charge is 0.352 e. The molecular formula is C26H26N2O2. The second-order valence-corrected chi connectivity index (χ2v) is 7.61. The molecule has 1 aliphatic heterocycles. The average Bonchev–Trinajstić information content (AvgIpc) is 2.81. The molecule has 30 heavy (non-hydrogen) atoms. The molecule has 0 aliphatic carbocycles. The Morgan fingerprint density at radius 3 is 2.27 bits per heavy atom. The van der Waals surface area contributed by atoms with Gasteiger partial charge in [-0.05, 0) is 28.7 Å². The Kier molecular flexibility index (Phi) is 6.23. The van der Waals surface area contributed by atoms with Gasteiger partial charge in [0.15, 0.2) is 0 Å². The topological polar surface area (TPSA) is 49.4 Å². The van der Waals surface area contributed by atoms with Crippen LogP contribution in [0, 0.1) is 0 Å². The summed E-state index contributed by atoms with van der Waals surface area (Å²) in [6.45, 7) is 1.15. The zero-order valence-electron chi connectivity index (χ0n) is 17.0. The van der Waals surface area contributed by atoms with Crippen molar-refractivity contribution >= 4 is 11.8 Å². The Morgan fingerprint density at radius 2 is 1.50 bits per heavy atom. The minimum Gasteiger partial charge on any atom is -0.352 e. The van der Waals surface area contributed by atoms with Crippen LogP contribution in [0.1, 0.15) is 41.1 Å². The van der Waals surface area contributed by atoms with Gasteiger partial charge in [0.05, 0.1) is 6.04 Å². The number of carbonyl (C=O) groups excluding carboxylic acids is 2. The lowest BCUT2D eigenvalue weighted by atomic mass is 9.88. The highest BCUT2D eigenvalue weighted by atomic mass is 16.2. The zero-order valence-corrected chi connectivity index (χ0v) is 17.0. The number of nitrogens with zero attached hydrogens (tertiary/aromatic N) is 1. The highest BCUT2D eigenvalue weighted by Gasteiger charge is 2.31. The monoisotopic (exact) mass is 398 g/mol. The molecule has 4 nitrogen and oxygen atoms in total. The molecule has 3 aromatic rings. The second kappa shape index (κ2) is 9.40. The molecule has 0 saturated carbocycles. The lowest BCUT2D eigenvalue weighted by Crippen LogP contribution is -2.41. The Balaban J connectivity index is 1.43. The van der Waals surface area contributed by atoms with Gasteiger partial charge in [-0.3, -0.25) is 9.59 Å². The van der Waals surface area contributed by atoms with E-state index in [0.717, 1.165) is 17.5 Å². The summed E-state index contributed by atoms with van der Waals surface area (Å²) >= 11 is 0. The van der Waals surface area contributed by atoms with Gasteiger partial charge >= 0.3 is 0 Å². The molecular weight excluding hydrogens is 372 g/mol. The van der Waals surface area contributed by atoms with E-state index in [9.17, 15) is 9.59 Å². The Hall–Kier alpha value is -3.40. The minimum absolute atomic E-state index is 0.0215. The molecule has 1 aliphatic rings. The third-order valence-electron chi connectivity index (χ3n) is 5.62. The van der Waals surface area contributed by atoms with E-state index in [1.165, 1.54) is 11.1 Å². The predicted molar refractivity (Wildman–Crippen MR) is 118 cm³/mol. The van der Waals surface area contributed by atoms with Crippen molar-refractivity contribution in [3.05, 3.63) is 107 Å². The van der Waals surface area contributed by atoms with Gasteiger partial charge < -0.3 is 10.2 Å². The highest BCUT2D eigenvalue weighted by molar-refractivity contribution is 5.84. The summed E-state index contributed by atoms with van der Waals surface area (Å²) in [5.74, 6) is -0.0749. The lowest BCUT2D eigenvalue weighted by molar-refractivity contribution is -0.135. The molecule has 4 heteroatoms. The zero-order chi connectivity index (χ0) is 20.8. The molecule has 1 atom stereocenters. The van der Waals surface area contributed by atoms with Crippen LogP contribution >= 0.6 is 0 Å². The molecule has 0 spiro atoms. The van der Waals surface area contributed by atoms with Gasteiger partial charge in [-0.1, -0.05) is 84.9 Å². The SMILES string of the molecule is O=C(CCC(=O)N1CCc2ccccc2[C@H]1c1ccccc1)NCc1ccccc1. The average molecular weight is 399 g/mol. The summed E-state index contributed by atoms with van der Waals surface area (Å²) in [4.78, 5) is 27.3. The van der Waals surface area contributed by atoms with Crippen molar-refractivity contribution in [3.8, 4) is 0 Å². The van der Waals surface area contributed by atoms with Crippen LogP contribution in [0.2, 0.25) is 0 Å². The van der Waals surface area contributed by atoms with Crippen LogP contribution in [-0.4, -0.2) is 23.3 Å². The highest BCUT2D eigenvalue weighted by Crippen LogP contribution is 2.35. The fraction of sp³-hybridized carbons (Fsp3) is 0.231. The van der Waals surface area contributed by atoms with Crippen molar-refractivity contribution in [1.82, 2.24) is 10.2 Å². The molecule has 0 fully saturated rings. The lowest BCUT2D eigenvalue weighted by Gasteiger charge is -2.38. The van der Waals surface area contributed by atoms with Crippen molar-refractivity contribution in [1.29, 1.82) is 0 Å². The van der Waals surface area contributed by atoms with Gasteiger partial charge in [-0.2, -0.15) is 0 Å². The van der Waals surface area contributed by atoms with Crippen LogP contribution in [0.15, 0.2) is 84.9 Å². The van der Waals surface area contributed by atoms with Crippen LogP contribution in [0.4, 0.5) is 0 Å². The number of carbonyl (C=O) groups is 2. The van der Waals surface area contributed by atoms with Gasteiger partial charge in [-0.25, -0.2) is 0 Å². The quantitative estimate of drug-likeness (QED) is 0.675. The maximum absolute atomic E-state index is 13.1. The fourth-order valence-electron chi connectivity index (χ4n) is 4.08. The van der Waals surface area contributed by atoms with Crippen LogP contribution < -0.4 is 5.32 Å². The van der Waals surface area contributed by atoms with E-state index >= 15 is 0 Å². The van der Waals surface area contributed by atoms with E-state index in [4.69, 9.17) is 0 Å². The van der Waals surface area contributed by atoms with Crippen LogP contribution in [0.3, 0.4) is 0 Å². The first-order valence-electron chi connectivity index (χ1n) is 10.5. The van der Waals surface area contributed by atoms with E-state index in [-0.39, 0.29) is 30.7 Å². The number of rotatable bonds is 6. The van der Waals surface area contributed by atoms with Gasteiger partial charge in [0.2, 0.25) is 11.8 Å². The number of fused-ring (bicyclic) bond motifs is 1. The molecule has 0 radical (unpaired) electrons. The van der Waals surface area contributed by atoms with Crippen molar-refractivity contribution in [2.75, 3.05) is 6.54 Å². The first-order chi connectivity index (χ1) is 14.7. The summed E-state index contributed by atoms with van der Waals surface area (Å²) in [6, 6.07) is 28.2. The van der Waals surface area contributed by atoms with Crippen LogP contribution in [-0.2, 0) is 22.6 Å². The summed E-state index contributed by atoms with van der Waals surface area (Å²) in [6.07, 6.45) is 1.25. The molecule has 1 heterocycles. The van der Waals surface area contributed by atoms with E-state index in [1.54, 1.807) is 0 Å². The second-order valence-electron chi connectivity index (χ2n) is 7.61. The van der Waals surface area contributed by atoms with Crippen LogP contribution in [0.25, 0.3) is 0 Å². The van der Waals surface area contributed by atoms with E-state index in [2.05, 4.69) is 35.6 Å². The normalized spacial score (nSPS) is 15.3. The molecule has 2 amide bonds. The van der Waals surface area contributed by atoms with E-state index in [1.807, 2.05) is 59.5 Å². The fourth-order valence-corrected chi connectivity index (χ4v) is 4.08. The molecule has 0 saturated heterocycles. The molecule has 4 rings (SSSR count). The first kappa shape index (κ1) is 19.9. The van der Waals surface area contributed by atoms with Crippen molar-refractivity contribution < 1.29 is 9.59 Å². The molecule has 152 valence electrons. The molecule has 3 aromatic carbocycles. The maximum atomic E-state index is 13.1. The van der Waals surface area contributed by atoms with E-state index in [0.29, 0.717) is 13.1 Å². The van der Waals surface area contributed by atoms with Gasteiger partial charge in [0, 0.05) is 25.9 Å².